The van der Waals surface area contributed by atoms with Gasteiger partial charge in [-0.25, -0.2) is 0 Å². The maximum atomic E-state index is 5.95. The van der Waals surface area contributed by atoms with Crippen LogP contribution in [0.1, 0.15) is 51.5 Å². The summed E-state index contributed by atoms with van der Waals surface area (Å²) in [5.74, 6) is 0.703. The van der Waals surface area contributed by atoms with Gasteiger partial charge in [-0.2, -0.15) is 0 Å². The molecule has 1 aliphatic rings. The molecule has 2 nitrogen and oxygen atoms in total. The van der Waals surface area contributed by atoms with Crippen LogP contribution in [0, 0.1) is 5.92 Å². The van der Waals surface area contributed by atoms with Crippen LogP contribution in [0.4, 0.5) is 5.69 Å². The van der Waals surface area contributed by atoms with Gasteiger partial charge in [-0.1, -0.05) is 54.8 Å². The molecule has 2 N–H and O–H groups in total. The third-order valence-electron chi connectivity index (χ3n) is 4.25. The Bertz CT molecular complexity index is 496. The van der Waals surface area contributed by atoms with Crippen molar-refractivity contribution in [2.75, 3.05) is 11.4 Å². The van der Waals surface area contributed by atoms with Crippen LogP contribution in [-0.2, 0) is 0 Å². The van der Waals surface area contributed by atoms with Gasteiger partial charge in [0.2, 0.25) is 0 Å². The van der Waals surface area contributed by atoms with Crippen molar-refractivity contribution in [2.24, 2.45) is 11.7 Å². The van der Waals surface area contributed by atoms with E-state index in [1.54, 1.807) is 0 Å². The Hall–Kier alpha value is -0.610. The molecule has 0 saturated heterocycles. The summed E-state index contributed by atoms with van der Waals surface area (Å²) in [6.45, 7) is 5.64. The average molecular weight is 369 g/mol. The van der Waals surface area contributed by atoms with Crippen LogP contribution >= 0.6 is 28.1 Å². The van der Waals surface area contributed by atoms with Crippen molar-refractivity contribution < 1.29 is 0 Å². The number of hydrogen-bond acceptors (Lipinski definition) is 2. The molecule has 0 radical (unpaired) electrons. The van der Waals surface area contributed by atoms with E-state index in [0.29, 0.717) is 16.9 Å². The van der Waals surface area contributed by atoms with Crippen molar-refractivity contribution in [3.05, 3.63) is 28.2 Å². The fourth-order valence-electron chi connectivity index (χ4n) is 3.06. The Balaban J connectivity index is 2.34. The zero-order valence-corrected chi connectivity index (χ0v) is 15.3. The first-order valence-corrected chi connectivity index (χ1v) is 9.05. The van der Waals surface area contributed by atoms with Gasteiger partial charge in [0.1, 0.15) is 4.99 Å². The zero-order chi connectivity index (χ0) is 15.4. The van der Waals surface area contributed by atoms with Gasteiger partial charge in [0.15, 0.2) is 0 Å². The van der Waals surface area contributed by atoms with Gasteiger partial charge in [0, 0.05) is 28.3 Å². The third-order valence-corrected chi connectivity index (χ3v) is 4.96. The summed E-state index contributed by atoms with van der Waals surface area (Å²) in [4.78, 5) is 3.04. The molecule has 0 aromatic heterocycles. The molecule has 1 saturated carbocycles. The first-order valence-electron chi connectivity index (χ1n) is 7.85. The molecule has 116 valence electrons. The summed E-state index contributed by atoms with van der Waals surface area (Å²) in [7, 11) is 0. The summed E-state index contributed by atoms with van der Waals surface area (Å²) in [5.41, 5.74) is 8.15. The molecular formula is C17H25BrN2S. The summed E-state index contributed by atoms with van der Waals surface area (Å²) in [5, 5.41) is 0. The van der Waals surface area contributed by atoms with Gasteiger partial charge in [-0.15, -0.1) is 0 Å². The van der Waals surface area contributed by atoms with E-state index in [1.165, 1.54) is 37.8 Å². The minimum absolute atomic E-state index is 0.491. The Kier molecular flexibility index (Phi) is 6.06. The number of halogens is 1. The highest BCUT2D eigenvalue weighted by molar-refractivity contribution is 9.10. The lowest BCUT2D eigenvalue weighted by molar-refractivity contribution is 0.528. The fraction of sp³-hybridized carbons (Fsp3) is 0.588. The maximum Gasteiger partial charge on any atom is 0.106 e. The highest BCUT2D eigenvalue weighted by atomic mass is 79.9. The number of anilines is 1. The van der Waals surface area contributed by atoms with Crippen LogP contribution in [-0.4, -0.2) is 17.6 Å². The molecule has 1 aliphatic carbocycles. The van der Waals surface area contributed by atoms with E-state index in [9.17, 15) is 0 Å². The number of rotatable bonds is 6. The van der Waals surface area contributed by atoms with E-state index in [1.807, 2.05) is 12.1 Å². The van der Waals surface area contributed by atoms with Crippen LogP contribution in [0.2, 0.25) is 0 Å². The molecule has 0 bridgehead atoms. The molecule has 0 heterocycles. The molecule has 21 heavy (non-hydrogen) atoms. The Morgan fingerprint density at radius 2 is 2.05 bits per heavy atom. The summed E-state index contributed by atoms with van der Waals surface area (Å²) >= 11 is 8.85. The van der Waals surface area contributed by atoms with Crippen LogP contribution in [0.25, 0.3) is 0 Å². The summed E-state index contributed by atoms with van der Waals surface area (Å²) in [6.07, 6.45) is 6.42. The van der Waals surface area contributed by atoms with E-state index in [4.69, 9.17) is 18.0 Å². The second-order valence-electron chi connectivity index (χ2n) is 6.34. The summed E-state index contributed by atoms with van der Waals surface area (Å²) in [6, 6.07) is 6.87. The first-order chi connectivity index (χ1) is 9.99. The van der Waals surface area contributed by atoms with E-state index in [2.05, 4.69) is 40.7 Å². The van der Waals surface area contributed by atoms with E-state index in [0.717, 1.165) is 16.6 Å². The van der Waals surface area contributed by atoms with Crippen LogP contribution < -0.4 is 10.6 Å². The molecule has 1 aromatic rings. The topological polar surface area (TPSA) is 29.3 Å². The Morgan fingerprint density at radius 1 is 1.38 bits per heavy atom. The van der Waals surface area contributed by atoms with Crippen molar-refractivity contribution in [1.82, 2.24) is 0 Å². The second kappa shape index (κ2) is 7.59. The number of thiocarbonyl (C=S) groups is 1. The standard InChI is InChI=1S/C17H25BrN2S/c1-12(2)9-10-20(14-5-3-4-6-14)16-11-13(18)7-8-15(16)17(19)21/h7-8,11-12,14H,3-6,9-10H2,1-2H3,(H2,19,21). The average Bonchev–Trinajstić information content (AvgIpc) is 2.92. The van der Waals surface area contributed by atoms with Crippen molar-refractivity contribution >= 4 is 38.8 Å². The molecule has 0 spiro atoms. The van der Waals surface area contributed by atoms with Crippen molar-refractivity contribution in [1.29, 1.82) is 0 Å². The number of benzene rings is 1. The second-order valence-corrected chi connectivity index (χ2v) is 7.70. The summed E-state index contributed by atoms with van der Waals surface area (Å²) < 4.78 is 1.09. The maximum absolute atomic E-state index is 5.95. The van der Waals surface area contributed by atoms with Gasteiger partial charge >= 0.3 is 0 Å². The predicted octanol–water partition coefficient (Wildman–Crippen LogP) is 4.88. The zero-order valence-electron chi connectivity index (χ0n) is 12.9. The van der Waals surface area contributed by atoms with E-state index in [-0.39, 0.29) is 0 Å². The van der Waals surface area contributed by atoms with Crippen LogP contribution in [0.5, 0.6) is 0 Å². The SMILES string of the molecule is CC(C)CCN(c1cc(Br)ccc1C(N)=S)C1CCCC1. The lowest BCUT2D eigenvalue weighted by Gasteiger charge is -2.33. The third kappa shape index (κ3) is 4.43. The number of nitrogens with two attached hydrogens (primary N) is 1. The molecular weight excluding hydrogens is 344 g/mol. The monoisotopic (exact) mass is 368 g/mol. The van der Waals surface area contributed by atoms with Crippen molar-refractivity contribution in [2.45, 2.75) is 52.0 Å². The predicted molar refractivity (Wildman–Crippen MR) is 99.1 cm³/mol. The Morgan fingerprint density at radius 3 is 2.62 bits per heavy atom. The lowest BCUT2D eigenvalue weighted by Crippen LogP contribution is -2.36. The molecule has 0 amide bonds. The molecule has 4 heteroatoms. The van der Waals surface area contributed by atoms with E-state index < -0.39 is 0 Å². The van der Waals surface area contributed by atoms with Gasteiger partial charge in [-0.3, -0.25) is 0 Å². The van der Waals surface area contributed by atoms with Gasteiger partial charge in [0.25, 0.3) is 0 Å². The quantitative estimate of drug-likeness (QED) is 0.725. The van der Waals surface area contributed by atoms with Gasteiger partial charge in [-0.05, 0) is 43.4 Å². The molecule has 0 unspecified atom stereocenters. The minimum atomic E-state index is 0.491. The number of hydrogen-bond donors (Lipinski definition) is 1. The highest BCUT2D eigenvalue weighted by Gasteiger charge is 2.25. The van der Waals surface area contributed by atoms with Crippen molar-refractivity contribution in [3.8, 4) is 0 Å². The van der Waals surface area contributed by atoms with Crippen LogP contribution in [0.3, 0.4) is 0 Å². The normalized spacial score (nSPS) is 15.6. The van der Waals surface area contributed by atoms with Crippen molar-refractivity contribution in [3.63, 3.8) is 0 Å². The lowest BCUT2D eigenvalue weighted by atomic mass is 10.1. The molecule has 0 atom stereocenters. The molecule has 1 aromatic carbocycles. The largest absolute Gasteiger partial charge is 0.389 e. The van der Waals surface area contributed by atoms with Gasteiger partial charge < -0.3 is 10.6 Å². The van der Waals surface area contributed by atoms with E-state index >= 15 is 0 Å². The number of nitrogens with zero attached hydrogens (tertiary/aromatic N) is 1. The molecule has 1 fully saturated rings. The smallest absolute Gasteiger partial charge is 0.106 e. The first kappa shape index (κ1) is 16.8. The molecule has 2 rings (SSSR count). The minimum Gasteiger partial charge on any atom is -0.389 e. The molecule has 0 aliphatic heterocycles. The fourth-order valence-corrected chi connectivity index (χ4v) is 3.59. The Labute approximate surface area is 142 Å². The van der Waals surface area contributed by atoms with Gasteiger partial charge in [0.05, 0.1) is 0 Å². The highest BCUT2D eigenvalue weighted by Crippen LogP contribution is 2.33. The van der Waals surface area contributed by atoms with Crippen LogP contribution in [0.15, 0.2) is 22.7 Å².